The number of rotatable bonds is 40. The molecule has 17 nitrogen and oxygen atoms in total. The first-order valence-electron chi connectivity index (χ1n) is 24.7. The van der Waals surface area contributed by atoms with Crippen LogP contribution in [0, 0.1) is 0 Å². The van der Waals surface area contributed by atoms with Gasteiger partial charge in [-0.3, -0.25) is 28.0 Å². The Balaban J connectivity index is 2.69. The molecule has 0 radical (unpaired) electrons. The summed E-state index contributed by atoms with van der Waals surface area (Å²) in [5.41, 5.74) is 0. The molecule has 5 unspecified atom stereocenters. The molecule has 0 saturated heterocycles. The number of aliphatic hydroxyl groups excluding tert-OH is 4. The van der Waals surface area contributed by atoms with Crippen LogP contribution in [0.1, 0.15) is 149 Å². The van der Waals surface area contributed by atoms with Crippen LogP contribution in [-0.2, 0) is 46.6 Å². The zero-order valence-electron chi connectivity index (χ0n) is 41.1. The average molecular weight is 1030 g/mol. The highest BCUT2D eigenvalue weighted by molar-refractivity contribution is 7.47. The van der Waals surface area contributed by atoms with Gasteiger partial charge in [-0.2, -0.15) is 0 Å². The Kier molecular flexibility index (Phi) is 37.0. The van der Waals surface area contributed by atoms with Crippen molar-refractivity contribution in [3.05, 3.63) is 97.2 Å². The highest BCUT2D eigenvalue weighted by atomic mass is 31.2. The van der Waals surface area contributed by atoms with Crippen molar-refractivity contribution >= 4 is 33.4 Å². The van der Waals surface area contributed by atoms with E-state index in [1.807, 2.05) is 12.2 Å². The van der Waals surface area contributed by atoms with E-state index in [0.29, 0.717) is 19.3 Å². The van der Waals surface area contributed by atoms with Gasteiger partial charge in [0.05, 0.1) is 6.61 Å². The summed E-state index contributed by atoms with van der Waals surface area (Å²) in [6.45, 7) is 2.81. The van der Waals surface area contributed by atoms with Crippen molar-refractivity contribution in [3.63, 3.8) is 0 Å². The zero-order chi connectivity index (χ0) is 51.9. The monoisotopic (exact) mass is 1030 g/mol. The number of hydrogen-bond donors (Lipinski definition) is 7. The van der Waals surface area contributed by atoms with Crippen LogP contribution in [0.5, 0.6) is 0 Å². The quantitative estimate of drug-likeness (QED) is 0.00752. The third kappa shape index (κ3) is 34.0. The van der Waals surface area contributed by atoms with Gasteiger partial charge in [0.15, 0.2) is 11.9 Å². The summed E-state index contributed by atoms with van der Waals surface area (Å²) in [7, 11) is -10.8. The van der Waals surface area contributed by atoms with E-state index in [1.54, 1.807) is 12.2 Å². The molecule has 1 fully saturated rings. The summed E-state index contributed by atoms with van der Waals surface area (Å²) < 4.78 is 49.2. The first-order chi connectivity index (χ1) is 33.5. The molecule has 1 saturated carbocycles. The summed E-state index contributed by atoms with van der Waals surface area (Å²) in [5.74, 6) is -1.72. The highest BCUT2D eigenvalue weighted by Crippen LogP contribution is 2.49. The number of ketones is 1. The highest BCUT2D eigenvalue weighted by Gasteiger charge is 2.54. The van der Waals surface area contributed by atoms with Crippen molar-refractivity contribution in [2.75, 3.05) is 13.2 Å². The SMILES string of the molecule is CCCCC/C=C\C/C=C\C/C=C\C=C\C(=O)CCCC(=O)OC[C@H](COP(=O)(O)O[C@H]1C(O)C(O)C(O)[C@@H](OP(=O)(O)O)C1O)OC(=O)CCCCC/C=C\C/C=C\C/C=C\C/C=C\CCCCC. The molecule has 0 heterocycles. The van der Waals surface area contributed by atoms with E-state index in [9.17, 15) is 58.6 Å². The second-order valence-electron chi connectivity index (χ2n) is 16.9. The maximum Gasteiger partial charge on any atom is 0.472 e. The lowest BCUT2D eigenvalue weighted by atomic mass is 9.85. The Bertz CT molecular complexity index is 1780. The Morgan fingerprint density at radius 3 is 1.49 bits per heavy atom. The number of phosphoric ester groups is 2. The minimum Gasteiger partial charge on any atom is -0.462 e. The van der Waals surface area contributed by atoms with Crippen molar-refractivity contribution < 1.29 is 81.7 Å². The Morgan fingerprint density at radius 2 is 0.971 bits per heavy atom. The number of esters is 2. The average Bonchev–Trinajstić information content (AvgIpc) is 3.31. The van der Waals surface area contributed by atoms with Gasteiger partial charge in [-0.15, -0.1) is 0 Å². The molecule has 1 rings (SSSR count). The molecule has 19 heteroatoms. The van der Waals surface area contributed by atoms with Gasteiger partial charge in [-0.25, -0.2) is 9.13 Å². The summed E-state index contributed by atoms with van der Waals surface area (Å²) in [4.78, 5) is 66.6. The Hall–Kier alpha value is -3.41. The molecule has 0 bridgehead atoms. The Morgan fingerprint density at radius 1 is 0.500 bits per heavy atom. The molecular weight excluding hydrogens is 946 g/mol. The van der Waals surface area contributed by atoms with Crippen LogP contribution in [0.25, 0.3) is 0 Å². The van der Waals surface area contributed by atoms with Gasteiger partial charge in [-0.1, -0.05) is 137 Å². The topological polar surface area (TPSA) is 273 Å². The first-order valence-corrected chi connectivity index (χ1v) is 27.8. The summed E-state index contributed by atoms with van der Waals surface area (Å²) in [5, 5.41) is 41.3. The molecule has 8 atom stereocenters. The molecular formula is C51H82O17P2. The number of aliphatic hydroxyl groups is 4. The van der Waals surface area contributed by atoms with Gasteiger partial charge in [0, 0.05) is 19.3 Å². The van der Waals surface area contributed by atoms with E-state index in [4.69, 9.17) is 18.5 Å². The molecule has 0 aromatic carbocycles. The van der Waals surface area contributed by atoms with Gasteiger partial charge in [0.25, 0.3) is 0 Å². The lowest BCUT2D eigenvalue weighted by Crippen LogP contribution is -2.64. The van der Waals surface area contributed by atoms with Gasteiger partial charge < -0.3 is 44.6 Å². The summed E-state index contributed by atoms with van der Waals surface area (Å²) in [6, 6.07) is 0. The van der Waals surface area contributed by atoms with E-state index in [1.165, 1.54) is 44.6 Å². The zero-order valence-corrected chi connectivity index (χ0v) is 42.9. The van der Waals surface area contributed by atoms with E-state index in [0.717, 1.165) is 51.4 Å². The van der Waals surface area contributed by atoms with Crippen LogP contribution in [0.4, 0.5) is 0 Å². The summed E-state index contributed by atoms with van der Waals surface area (Å²) >= 11 is 0. The fraction of sp³-hybridized carbons (Fsp3) is 0.627. The number of phosphoric acid groups is 2. The van der Waals surface area contributed by atoms with E-state index in [2.05, 4.69) is 85.2 Å². The molecule has 7 N–H and O–H groups in total. The van der Waals surface area contributed by atoms with Gasteiger partial charge in [0.2, 0.25) is 0 Å². The fourth-order valence-electron chi connectivity index (χ4n) is 6.73. The number of allylic oxidation sites excluding steroid dienone is 16. The van der Waals surface area contributed by atoms with Crippen LogP contribution in [-0.4, -0.2) is 109 Å². The number of carbonyl (C=O) groups excluding carboxylic acids is 3. The van der Waals surface area contributed by atoms with Gasteiger partial charge >= 0.3 is 27.6 Å². The minimum atomic E-state index is -5.40. The van der Waals surface area contributed by atoms with E-state index >= 15 is 0 Å². The standard InChI is InChI=1S/C51H82O17P2/c1-3-5-7-9-11-13-15-17-18-19-20-21-22-24-26-28-30-32-34-38-45(54)66-43(41-65-70(62,63)68-51-48(57)46(55)47(56)50(49(51)58)67-69(59,60)61)40-64-44(53)39-35-37-42(52)36-33-31-29-27-25-23-16-14-12-10-8-6-4-2/h11-14,17-18,20-21,23-26,29,31,33,36,43,46-51,55-58H,3-10,15-16,19,22,27-28,30,32,34-35,37-41H2,1-2H3,(H,62,63)(H2,59,60,61)/b13-11-,14-12-,18-17-,21-20-,25-23-,26-24-,31-29-,36-33+/t43-,46?,47?,48?,49?,50-,51+/m1/s1. The fourth-order valence-corrected chi connectivity index (χ4v) is 8.26. The number of ether oxygens (including phenoxy) is 2. The molecule has 0 aromatic heterocycles. The van der Waals surface area contributed by atoms with Crippen LogP contribution < -0.4 is 0 Å². The second kappa shape index (κ2) is 40.1. The summed E-state index contributed by atoms with van der Waals surface area (Å²) in [6.07, 6.45) is 33.6. The lowest BCUT2D eigenvalue weighted by molar-refractivity contribution is -0.216. The van der Waals surface area contributed by atoms with Crippen LogP contribution in [0.3, 0.4) is 0 Å². The van der Waals surface area contributed by atoms with Crippen molar-refractivity contribution in [1.29, 1.82) is 0 Å². The van der Waals surface area contributed by atoms with Gasteiger partial charge in [0.1, 0.15) is 43.2 Å². The molecule has 0 amide bonds. The van der Waals surface area contributed by atoms with Gasteiger partial charge in [-0.05, 0) is 89.5 Å². The predicted molar refractivity (Wildman–Crippen MR) is 269 cm³/mol. The van der Waals surface area contributed by atoms with Crippen LogP contribution in [0.15, 0.2) is 97.2 Å². The normalized spacial score (nSPS) is 21.7. The molecule has 1 aliphatic carbocycles. The smallest absolute Gasteiger partial charge is 0.462 e. The number of hydrogen-bond acceptors (Lipinski definition) is 14. The number of unbranched alkanes of at least 4 members (excludes halogenated alkanes) is 9. The minimum absolute atomic E-state index is 0.0452. The van der Waals surface area contributed by atoms with Crippen molar-refractivity contribution in [3.8, 4) is 0 Å². The second-order valence-corrected chi connectivity index (χ2v) is 19.5. The van der Waals surface area contributed by atoms with Crippen molar-refractivity contribution in [2.45, 2.75) is 191 Å². The molecule has 70 heavy (non-hydrogen) atoms. The first kappa shape index (κ1) is 64.6. The molecule has 0 aromatic rings. The predicted octanol–water partition coefficient (Wildman–Crippen LogP) is 9.13. The largest absolute Gasteiger partial charge is 0.472 e. The molecule has 0 aliphatic heterocycles. The van der Waals surface area contributed by atoms with Crippen LogP contribution >= 0.6 is 15.6 Å². The van der Waals surface area contributed by atoms with Crippen molar-refractivity contribution in [2.24, 2.45) is 0 Å². The lowest BCUT2D eigenvalue weighted by Gasteiger charge is -2.43. The van der Waals surface area contributed by atoms with Crippen molar-refractivity contribution in [1.82, 2.24) is 0 Å². The molecule has 398 valence electrons. The molecule has 0 spiro atoms. The van der Waals surface area contributed by atoms with E-state index in [-0.39, 0.29) is 31.5 Å². The van der Waals surface area contributed by atoms with E-state index < -0.39 is 83.5 Å². The number of carbonyl (C=O) groups is 3. The van der Waals surface area contributed by atoms with Crippen LogP contribution in [0.2, 0.25) is 0 Å². The Labute approximate surface area is 415 Å². The maximum atomic E-state index is 13.0. The third-order valence-electron chi connectivity index (χ3n) is 10.6. The molecule has 1 aliphatic rings. The third-order valence-corrected chi connectivity index (χ3v) is 12.1. The maximum absolute atomic E-state index is 13.0.